The van der Waals surface area contributed by atoms with E-state index in [1.807, 2.05) is 91.8 Å². The highest BCUT2D eigenvalue weighted by atomic mass is 32.2. The van der Waals surface area contributed by atoms with E-state index in [0.717, 1.165) is 32.5 Å². The maximum atomic E-state index is 13.1. The summed E-state index contributed by atoms with van der Waals surface area (Å²) in [5, 5.41) is 3.02. The van der Waals surface area contributed by atoms with Crippen LogP contribution in [-0.2, 0) is 0 Å². The van der Waals surface area contributed by atoms with Crippen LogP contribution in [0.3, 0.4) is 0 Å². The van der Waals surface area contributed by atoms with Gasteiger partial charge in [-0.1, -0.05) is 36.0 Å². The number of nitrogens with zero attached hydrogens (tertiary/aromatic N) is 2. The summed E-state index contributed by atoms with van der Waals surface area (Å²) in [6.07, 6.45) is 0. The first-order valence-electron chi connectivity index (χ1n) is 8.38. The fraction of sp³-hybridized carbons (Fsp3) is 0.0952. The number of nitrogens with one attached hydrogen (secondary N) is 1. The number of hydrogen-bond acceptors (Lipinski definition) is 3. The molecule has 0 spiro atoms. The number of urea groups is 1. The lowest BCUT2D eigenvalue weighted by Gasteiger charge is -2.31. The summed E-state index contributed by atoms with van der Waals surface area (Å²) in [6.45, 7) is 0. The Balaban J connectivity index is 1.67. The summed E-state index contributed by atoms with van der Waals surface area (Å²) in [7, 11) is 3.99. The third-order valence-electron chi connectivity index (χ3n) is 4.27. The fourth-order valence-corrected chi connectivity index (χ4v) is 4.00. The van der Waals surface area contributed by atoms with Gasteiger partial charge in [-0.15, -0.1) is 0 Å². The first kappa shape index (κ1) is 16.5. The van der Waals surface area contributed by atoms with E-state index >= 15 is 0 Å². The fourth-order valence-electron chi connectivity index (χ4n) is 2.95. The first-order chi connectivity index (χ1) is 12.6. The Morgan fingerprint density at radius 2 is 1.38 bits per heavy atom. The molecular formula is C21H19N3OS. The summed E-state index contributed by atoms with van der Waals surface area (Å²) in [6, 6.07) is 23.6. The number of carbonyl (C=O) groups is 1. The second-order valence-electron chi connectivity index (χ2n) is 6.24. The quantitative estimate of drug-likeness (QED) is 0.646. The number of hydrogen-bond donors (Lipinski definition) is 1. The topological polar surface area (TPSA) is 35.6 Å². The highest BCUT2D eigenvalue weighted by Gasteiger charge is 2.27. The predicted molar refractivity (Wildman–Crippen MR) is 109 cm³/mol. The molecule has 1 aliphatic rings. The Kier molecular flexibility index (Phi) is 4.31. The van der Waals surface area contributed by atoms with Crippen molar-refractivity contribution in [1.82, 2.24) is 0 Å². The molecule has 26 heavy (non-hydrogen) atoms. The molecule has 0 aliphatic carbocycles. The monoisotopic (exact) mass is 361 g/mol. The summed E-state index contributed by atoms with van der Waals surface area (Å²) in [4.78, 5) is 19.0. The molecule has 0 radical (unpaired) electrons. The summed E-state index contributed by atoms with van der Waals surface area (Å²) in [5.41, 5.74) is 3.67. The smallest absolute Gasteiger partial charge is 0.331 e. The summed E-state index contributed by atoms with van der Waals surface area (Å²) in [5.74, 6) is 0. The van der Waals surface area contributed by atoms with E-state index in [1.54, 1.807) is 16.7 Å². The van der Waals surface area contributed by atoms with E-state index in [2.05, 4.69) is 5.32 Å². The molecule has 4 nitrogen and oxygen atoms in total. The maximum absolute atomic E-state index is 13.1. The van der Waals surface area contributed by atoms with Crippen molar-refractivity contribution in [3.8, 4) is 0 Å². The highest BCUT2D eigenvalue weighted by Crippen LogP contribution is 2.47. The summed E-state index contributed by atoms with van der Waals surface area (Å²) >= 11 is 1.69. The van der Waals surface area contributed by atoms with Gasteiger partial charge in [0.05, 0.1) is 11.4 Å². The molecule has 3 aromatic rings. The summed E-state index contributed by atoms with van der Waals surface area (Å²) < 4.78 is 0. The SMILES string of the molecule is CN(C)c1ccc(NC(=O)N2c3ccccc3Sc3ccccc32)cc1. The molecule has 3 aromatic carbocycles. The average molecular weight is 361 g/mol. The number of fused-ring (bicyclic) bond motifs is 2. The molecule has 130 valence electrons. The number of anilines is 4. The van der Waals surface area contributed by atoms with E-state index in [0.29, 0.717) is 0 Å². The van der Waals surface area contributed by atoms with Gasteiger partial charge in [0, 0.05) is 35.3 Å². The predicted octanol–water partition coefficient (Wildman–Crippen LogP) is 5.59. The van der Waals surface area contributed by atoms with Gasteiger partial charge in [0.2, 0.25) is 0 Å². The standard InChI is InChI=1S/C21H19N3OS/c1-23(2)16-13-11-15(12-14-16)22-21(25)24-17-7-3-5-9-19(17)26-20-10-6-4-8-18(20)24/h3-14H,1-2H3,(H,22,25). The average Bonchev–Trinajstić information content (AvgIpc) is 2.66. The molecule has 0 aromatic heterocycles. The Hall–Kier alpha value is -2.92. The second-order valence-corrected chi connectivity index (χ2v) is 7.33. The largest absolute Gasteiger partial charge is 0.378 e. The number of rotatable bonds is 2. The van der Waals surface area contributed by atoms with Crippen LogP contribution >= 0.6 is 11.8 Å². The van der Waals surface area contributed by atoms with Gasteiger partial charge < -0.3 is 10.2 Å². The van der Waals surface area contributed by atoms with Crippen LogP contribution in [0.2, 0.25) is 0 Å². The minimum absolute atomic E-state index is 0.164. The Morgan fingerprint density at radius 3 is 1.92 bits per heavy atom. The molecule has 4 rings (SSSR count). The molecule has 0 saturated carbocycles. The van der Waals surface area contributed by atoms with Crippen molar-refractivity contribution in [2.24, 2.45) is 0 Å². The molecule has 2 amide bonds. The zero-order chi connectivity index (χ0) is 18.1. The minimum Gasteiger partial charge on any atom is -0.378 e. The van der Waals surface area contributed by atoms with Gasteiger partial charge in [-0.2, -0.15) is 0 Å². The molecule has 0 fully saturated rings. The molecule has 5 heteroatoms. The lowest BCUT2D eigenvalue weighted by molar-refractivity contribution is 0.259. The molecule has 1 N–H and O–H groups in total. The zero-order valence-corrected chi connectivity index (χ0v) is 15.5. The van der Waals surface area contributed by atoms with Gasteiger partial charge >= 0.3 is 6.03 Å². The van der Waals surface area contributed by atoms with E-state index in [9.17, 15) is 4.79 Å². The maximum Gasteiger partial charge on any atom is 0.331 e. The molecule has 1 heterocycles. The van der Waals surface area contributed by atoms with Crippen LogP contribution in [0, 0.1) is 0 Å². The van der Waals surface area contributed by atoms with Crippen molar-refractivity contribution in [2.45, 2.75) is 9.79 Å². The lowest BCUT2D eigenvalue weighted by Crippen LogP contribution is -2.32. The van der Waals surface area contributed by atoms with E-state index in [1.165, 1.54) is 0 Å². The highest BCUT2D eigenvalue weighted by molar-refractivity contribution is 7.99. The number of benzene rings is 3. The molecule has 0 bridgehead atoms. The van der Waals surface area contributed by atoms with Crippen molar-refractivity contribution in [3.63, 3.8) is 0 Å². The van der Waals surface area contributed by atoms with Crippen LogP contribution in [-0.4, -0.2) is 20.1 Å². The Labute approximate surface area is 157 Å². The van der Waals surface area contributed by atoms with Crippen molar-refractivity contribution in [1.29, 1.82) is 0 Å². The van der Waals surface area contributed by atoms with E-state index < -0.39 is 0 Å². The lowest BCUT2D eigenvalue weighted by atomic mass is 10.2. The van der Waals surface area contributed by atoms with Crippen molar-refractivity contribution in [3.05, 3.63) is 72.8 Å². The van der Waals surface area contributed by atoms with Crippen LogP contribution in [0.25, 0.3) is 0 Å². The van der Waals surface area contributed by atoms with Gasteiger partial charge in [0.15, 0.2) is 0 Å². The molecule has 0 atom stereocenters. The van der Waals surface area contributed by atoms with Crippen LogP contribution in [0.15, 0.2) is 82.6 Å². The van der Waals surface area contributed by atoms with Crippen LogP contribution in [0.4, 0.5) is 27.5 Å². The van der Waals surface area contributed by atoms with E-state index in [4.69, 9.17) is 0 Å². The Morgan fingerprint density at radius 1 is 0.846 bits per heavy atom. The zero-order valence-electron chi connectivity index (χ0n) is 14.6. The molecule has 0 saturated heterocycles. The third-order valence-corrected chi connectivity index (χ3v) is 5.40. The molecule has 1 aliphatic heterocycles. The van der Waals surface area contributed by atoms with Crippen molar-refractivity contribution < 1.29 is 4.79 Å². The molecular weight excluding hydrogens is 342 g/mol. The second kappa shape index (κ2) is 6.77. The minimum atomic E-state index is -0.164. The van der Waals surface area contributed by atoms with E-state index in [-0.39, 0.29) is 6.03 Å². The van der Waals surface area contributed by atoms with Crippen LogP contribution in [0.5, 0.6) is 0 Å². The number of amides is 2. The van der Waals surface area contributed by atoms with Crippen molar-refractivity contribution >= 4 is 40.5 Å². The van der Waals surface area contributed by atoms with Gasteiger partial charge in [0.1, 0.15) is 0 Å². The van der Waals surface area contributed by atoms with Crippen LogP contribution < -0.4 is 15.1 Å². The Bertz CT molecular complexity index is 908. The van der Waals surface area contributed by atoms with Gasteiger partial charge in [0.25, 0.3) is 0 Å². The number of carbonyl (C=O) groups excluding carboxylic acids is 1. The normalized spacial score (nSPS) is 12.2. The van der Waals surface area contributed by atoms with Crippen LogP contribution in [0.1, 0.15) is 0 Å². The first-order valence-corrected chi connectivity index (χ1v) is 9.19. The van der Waals surface area contributed by atoms with Gasteiger partial charge in [-0.05, 0) is 48.5 Å². The van der Waals surface area contributed by atoms with Gasteiger partial charge in [-0.3, -0.25) is 4.90 Å². The van der Waals surface area contributed by atoms with Crippen molar-refractivity contribution in [2.75, 3.05) is 29.2 Å². The molecule has 0 unspecified atom stereocenters. The van der Waals surface area contributed by atoms with Gasteiger partial charge in [-0.25, -0.2) is 4.79 Å². The third kappa shape index (κ3) is 3.02. The number of para-hydroxylation sites is 2.